The summed E-state index contributed by atoms with van der Waals surface area (Å²) in [4.78, 5) is 4.58. The summed E-state index contributed by atoms with van der Waals surface area (Å²) in [7, 11) is 3.60. The van der Waals surface area contributed by atoms with E-state index in [0.29, 0.717) is 0 Å². The van der Waals surface area contributed by atoms with Gasteiger partial charge in [0.25, 0.3) is 0 Å². The van der Waals surface area contributed by atoms with Gasteiger partial charge >= 0.3 is 0 Å². The molecule has 0 bridgehead atoms. The molecule has 2 rings (SSSR count). The van der Waals surface area contributed by atoms with Gasteiger partial charge in [0.05, 0.1) is 12.6 Å². The summed E-state index contributed by atoms with van der Waals surface area (Å²) in [6.45, 7) is 2.11. The predicted molar refractivity (Wildman–Crippen MR) is 67.2 cm³/mol. The lowest BCUT2D eigenvalue weighted by molar-refractivity contribution is 0.415. The molecule has 84 valence electrons. The smallest absolute Gasteiger partial charge is 0.119 e. The lowest BCUT2D eigenvalue weighted by Gasteiger charge is -2.09. The first-order valence-corrected chi connectivity index (χ1v) is 5.44. The number of hydrogen-bond acceptors (Lipinski definition) is 3. The number of nitrogens with zero attached hydrogens (tertiary/aromatic N) is 1. The number of fused-ring (bicyclic) bond motifs is 1. The second kappa shape index (κ2) is 4.39. The average Bonchev–Trinajstić information content (AvgIpc) is 2.36. The maximum atomic E-state index is 5.22. The van der Waals surface area contributed by atoms with Gasteiger partial charge < -0.3 is 10.1 Å². The van der Waals surface area contributed by atoms with Crippen molar-refractivity contribution in [3.05, 3.63) is 30.0 Å². The van der Waals surface area contributed by atoms with E-state index in [1.165, 1.54) is 0 Å². The van der Waals surface area contributed by atoms with Crippen LogP contribution in [0.1, 0.15) is 12.6 Å². The van der Waals surface area contributed by atoms with Crippen LogP contribution in [0, 0.1) is 0 Å². The molecule has 0 atom stereocenters. The van der Waals surface area contributed by atoms with E-state index in [2.05, 4.69) is 23.3 Å². The van der Waals surface area contributed by atoms with Gasteiger partial charge in [-0.3, -0.25) is 4.98 Å². The van der Waals surface area contributed by atoms with Gasteiger partial charge in [0.1, 0.15) is 5.75 Å². The van der Waals surface area contributed by atoms with Gasteiger partial charge in [0.2, 0.25) is 0 Å². The molecule has 0 aliphatic heterocycles. The Morgan fingerprint density at radius 3 is 2.75 bits per heavy atom. The Labute approximate surface area is 95.5 Å². The first-order valence-electron chi connectivity index (χ1n) is 5.44. The molecule has 0 unspecified atom stereocenters. The fraction of sp³-hybridized carbons (Fsp3) is 0.308. The normalized spacial score (nSPS) is 10.4. The van der Waals surface area contributed by atoms with Crippen molar-refractivity contribution >= 4 is 16.6 Å². The lowest BCUT2D eigenvalue weighted by atomic mass is 10.1. The summed E-state index contributed by atoms with van der Waals surface area (Å²) >= 11 is 0. The standard InChI is InChI=1S/C13H16N2O/c1-4-9-7-13(14-2)11-8-10(16-3)5-6-12(11)15-9/h5-8H,4H2,1-3H3,(H,14,15). The minimum atomic E-state index is 0.857. The molecule has 2 aromatic rings. The molecule has 3 nitrogen and oxygen atoms in total. The quantitative estimate of drug-likeness (QED) is 0.856. The number of rotatable bonds is 3. The van der Waals surface area contributed by atoms with Crippen LogP contribution in [0.4, 0.5) is 5.69 Å². The Morgan fingerprint density at radius 2 is 2.12 bits per heavy atom. The third kappa shape index (κ3) is 1.81. The second-order valence-electron chi connectivity index (χ2n) is 3.65. The first-order chi connectivity index (χ1) is 7.78. The molecular weight excluding hydrogens is 200 g/mol. The molecule has 16 heavy (non-hydrogen) atoms. The fourth-order valence-electron chi connectivity index (χ4n) is 1.77. The molecule has 0 saturated carbocycles. The highest BCUT2D eigenvalue weighted by molar-refractivity contribution is 5.92. The van der Waals surface area contributed by atoms with Crippen molar-refractivity contribution in [2.75, 3.05) is 19.5 Å². The molecule has 1 N–H and O–H groups in total. The van der Waals surface area contributed by atoms with Crippen molar-refractivity contribution in [2.45, 2.75) is 13.3 Å². The molecule has 0 aliphatic carbocycles. The highest BCUT2D eigenvalue weighted by Gasteiger charge is 2.05. The highest BCUT2D eigenvalue weighted by Crippen LogP contribution is 2.27. The largest absolute Gasteiger partial charge is 0.497 e. The highest BCUT2D eigenvalue weighted by atomic mass is 16.5. The molecule has 0 fully saturated rings. The van der Waals surface area contributed by atoms with Crippen molar-refractivity contribution in [2.24, 2.45) is 0 Å². The number of ether oxygens (including phenoxy) is 1. The second-order valence-corrected chi connectivity index (χ2v) is 3.65. The minimum absolute atomic E-state index is 0.857. The molecule has 1 aromatic heterocycles. The summed E-state index contributed by atoms with van der Waals surface area (Å²) in [5.41, 5.74) is 3.20. The Morgan fingerprint density at radius 1 is 1.31 bits per heavy atom. The zero-order valence-corrected chi connectivity index (χ0v) is 9.87. The molecule has 1 aromatic carbocycles. The average molecular weight is 216 g/mol. The third-order valence-corrected chi connectivity index (χ3v) is 2.70. The van der Waals surface area contributed by atoms with E-state index in [4.69, 9.17) is 4.74 Å². The SMILES string of the molecule is CCc1cc(NC)c2cc(OC)ccc2n1. The molecule has 0 radical (unpaired) electrons. The van der Waals surface area contributed by atoms with Gasteiger partial charge in [-0.2, -0.15) is 0 Å². The molecule has 0 saturated heterocycles. The topological polar surface area (TPSA) is 34.1 Å². The van der Waals surface area contributed by atoms with Crippen molar-refractivity contribution in [3.63, 3.8) is 0 Å². The Bertz CT molecular complexity index is 509. The number of aromatic nitrogens is 1. The molecule has 0 aliphatic rings. The summed E-state index contributed by atoms with van der Waals surface area (Å²) in [5, 5.41) is 4.30. The van der Waals surface area contributed by atoms with Gasteiger partial charge in [-0.25, -0.2) is 0 Å². The fourth-order valence-corrected chi connectivity index (χ4v) is 1.77. The molecule has 3 heteroatoms. The number of hydrogen-bond donors (Lipinski definition) is 1. The molecule has 1 heterocycles. The van der Waals surface area contributed by atoms with Crippen LogP contribution in [0.5, 0.6) is 5.75 Å². The zero-order valence-electron chi connectivity index (χ0n) is 9.87. The van der Waals surface area contributed by atoms with Crippen molar-refractivity contribution < 1.29 is 4.74 Å². The van der Waals surface area contributed by atoms with E-state index < -0.39 is 0 Å². The lowest BCUT2D eigenvalue weighted by Crippen LogP contribution is -1.96. The van der Waals surface area contributed by atoms with E-state index in [1.807, 2.05) is 25.2 Å². The summed E-state index contributed by atoms with van der Waals surface area (Å²) < 4.78 is 5.22. The van der Waals surface area contributed by atoms with E-state index >= 15 is 0 Å². The van der Waals surface area contributed by atoms with Crippen LogP contribution in [0.15, 0.2) is 24.3 Å². The van der Waals surface area contributed by atoms with Crippen LogP contribution < -0.4 is 10.1 Å². The number of anilines is 1. The van der Waals surface area contributed by atoms with Crippen LogP contribution in [0.25, 0.3) is 10.9 Å². The summed E-state index contributed by atoms with van der Waals surface area (Å²) in [6.07, 6.45) is 0.941. The predicted octanol–water partition coefficient (Wildman–Crippen LogP) is 2.85. The van der Waals surface area contributed by atoms with Crippen LogP contribution in [-0.4, -0.2) is 19.1 Å². The van der Waals surface area contributed by atoms with Gasteiger partial charge in [-0.1, -0.05) is 6.92 Å². The summed E-state index contributed by atoms with van der Waals surface area (Å²) in [6, 6.07) is 8.03. The van der Waals surface area contributed by atoms with E-state index in [-0.39, 0.29) is 0 Å². The Hall–Kier alpha value is -1.77. The minimum Gasteiger partial charge on any atom is -0.497 e. The number of nitrogens with one attached hydrogen (secondary N) is 1. The van der Waals surface area contributed by atoms with E-state index in [1.54, 1.807) is 7.11 Å². The Kier molecular flexibility index (Phi) is 2.95. The molecule has 0 amide bonds. The number of methoxy groups -OCH3 is 1. The van der Waals surface area contributed by atoms with Gasteiger partial charge in [0, 0.05) is 23.8 Å². The van der Waals surface area contributed by atoms with Crippen LogP contribution >= 0.6 is 0 Å². The van der Waals surface area contributed by atoms with Crippen molar-refractivity contribution in [3.8, 4) is 5.75 Å². The van der Waals surface area contributed by atoms with E-state index in [0.717, 1.165) is 34.5 Å². The maximum absolute atomic E-state index is 5.22. The van der Waals surface area contributed by atoms with Gasteiger partial charge in [-0.15, -0.1) is 0 Å². The number of pyridine rings is 1. The van der Waals surface area contributed by atoms with Crippen molar-refractivity contribution in [1.29, 1.82) is 0 Å². The third-order valence-electron chi connectivity index (χ3n) is 2.70. The molecule has 0 spiro atoms. The van der Waals surface area contributed by atoms with Crippen LogP contribution in [-0.2, 0) is 6.42 Å². The van der Waals surface area contributed by atoms with Crippen LogP contribution in [0.3, 0.4) is 0 Å². The zero-order chi connectivity index (χ0) is 11.5. The maximum Gasteiger partial charge on any atom is 0.119 e. The Balaban J connectivity index is 2.69. The van der Waals surface area contributed by atoms with Crippen LogP contribution in [0.2, 0.25) is 0 Å². The molecular formula is C13H16N2O. The first kappa shape index (κ1) is 10.7. The van der Waals surface area contributed by atoms with Gasteiger partial charge in [0.15, 0.2) is 0 Å². The van der Waals surface area contributed by atoms with Gasteiger partial charge in [-0.05, 0) is 30.7 Å². The monoisotopic (exact) mass is 216 g/mol. The number of benzene rings is 1. The van der Waals surface area contributed by atoms with Crippen molar-refractivity contribution in [1.82, 2.24) is 4.98 Å². The van der Waals surface area contributed by atoms with E-state index in [9.17, 15) is 0 Å². The number of aryl methyl sites for hydroxylation is 1. The summed E-state index contributed by atoms with van der Waals surface area (Å²) in [5.74, 6) is 0.857.